The number of hydrogen-bond acceptors (Lipinski definition) is 0. The van der Waals surface area contributed by atoms with E-state index in [0.29, 0.717) is 4.48 Å². The van der Waals surface area contributed by atoms with Crippen LogP contribution in [0.2, 0.25) is 0 Å². The fourth-order valence-corrected chi connectivity index (χ4v) is 3.60. The molecule has 0 radical (unpaired) electrons. The van der Waals surface area contributed by atoms with Crippen molar-refractivity contribution < 1.29 is 13.2 Å². The van der Waals surface area contributed by atoms with Gasteiger partial charge in [-0.15, -0.1) is 0 Å². The zero-order chi connectivity index (χ0) is 19.4. The molecule has 0 aliphatic carbocycles. The van der Waals surface area contributed by atoms with E-state index in [0.717, 1.165) is 22.8 Å². The standard InChI is InChI=1S/C23H18BrF3/c1-16-11-13-18(14-12-16)20(17-7-3-2-4-8-17)15-22(24)19-9-5-6-10-21(19)23(25,26)27/h2-15,20H,1H3/b22-15+. The number of alkyl halides is 3. The van der Waals surface area contributed by atoms with Crippen LogP contribution in [-0.4, -0.2) is 0 Å². The molecular weight excluding hydrogens is 413 g/mol. The molecule has 27 heavy (non-hydrogen) atoms. The average molecular weight is 431 g/mol. The molecule has 1 unspecified atom stereocenters. The van der Waals surface area contributed by atoms with Crippen LogP contribution in [0.3, 0.4) is 0 Å². The fourth-order valence-electron chi connectivity index (χ4n) is 2.99. The van der Waals surface area contributed by atoms with Gasteiger partial charge in [0, 0.05) is 16.0 Å². The normalized spacial score (nSPS) is 13.4. The molecule has 0 aromatic heterocycles. The predicted octanol–water partition coefficient (Wildman–Crippen LogP) is 7.58. The number of rotatable bonds is 4. The van der Waals surface area contributed by atoms with Crippen molar-refractivity contribution in [1.82, 2.24) is 0 Å². The van der Waals surface area contributed by atoms with Gasteiger partial charge in [0.25, 0.3) is 0 Å². The molecule has 1 atom stereocenters. The van der Waals surface area contributed by atoms with Gasteiger partial charge < -0.3 is 0 Å². The zero-order valence-corrected chi connectivity index (χ0v) is 16.3. The van der Waals surface area contributed by atoms with Crippen molar-refractivity contribution in [2.75, 3.05) is 0 Å². The summed E-state index contributed by atoms with van der Waals surface area (Å²) < 4.78 is 40.6. The highest BCUT2D eigenvalue weighted by molar-refractivity contribution is 9.15. The summed E-state index contributed by atoms with van der Waals surface area (Å²) in [6.07, 6.45) is -2.57. The van der Waals surface area contributed by atoms with E-state index >= 15 is 0 Å². The van der Waals surface area contributed by atoms with E-state index < -0.39 is 11.7 Å². The minimum Gasteiger partial charge on any atom is -0.166 e. The highest BCUT2D eigenvalue weighted by Crippen LogP contribution is 2.39. The van der Waals surface area contributed by atoms with E-state index in [4.69, 9.17) is 0 Å². The van der Waals surface area contributed by atoms with Gasteiger partial charge in [-0.05, 0) is 24.1 Å². The predicted molar refractivity (Wildman–Crippen MR) is 108 cm³/mol. The Labute approximate surface area is 165 Å². The van der Waals surface area contributed by atoms with Crippen molar-refractivity contribution in [2.45, 2.75) is 19.0 Å². The van der Waals surface area contributed by atoms with Crippen LogP contribution in [0.4, 0.5) is 13.2 Å². The molecule has 3 rings (SSSR count). The third-order valence-electron chi connectivity index (χ3n) is 4.40. The molecule has 0 amide bonds. The maximum absolute atomic E-state index is 13.4. The number of halogens is 4. The first-order valence-electron chi connectivity index (χ1n) is 8.51. The second-order valence-corrected chi connectivity index (χ2v) is 7.21. The first-order valence-corrected chi connectivity index (χ1v) is 9.31. The Morgan fingerprint density at radius 1 is 0.815 bits per heavy atom. The molecule has 0 fully saturated rings. The lowest BCUT2D eigenvalue weighted by Gasteiger charge is -2.17. The van der Waals surface area contributed by atoms with Gasteiger partial charge in [-0.2, -0.15) is 13.2 Å². The van der Waals surface area contributed by atoms with Gasteiger partial charge in [-0.1, -0.05) is 100 Å². The van der Waals surface area contributed by atoms with Crippen LogP contribution in [0.25, 0.3) is 4.48 Å². The summed E-state index contributed by atoms with van der Waals surface area (Å²) in [5, 5.41) is 0. The largest absolute Gasteiger partial charge is 0.417 e. The molecule has 0 saturated carbocycles. The highest BCUT2D eigenvalue weighted by atomic mass is 79.9. The number of hydrogen-bond donors (Lipinski definition) is 0. The SMILES string of the molecule is Cc1ccc(C(/C=C(/Br)c2ccccc2C(F)(F)F)c2ccccc2)cc1. The van der Waals surface area contributed by atoms with Gasteiger partial charge in [0.2, 0.25) is 0 Å². The van der Waals surface area contributed by atoms with Crippen LogP contribution in [0, 0.1) is 6.92 Å². The van der Waals surface area contributed by atoms with Crippen LogP contribution >= 0.6 is 15.9 Å². The number of benzene rings is 3. The maximum atomic E-state index is 13.4. The van der Waals surface area contributed by atoms with Crippen molar-refractivity contribution in [3.63, 3.8) is 0 Å². The number of allylic oxidation sites excluding steroid dienone is 1. The first kappa shape index (κ1) is 19.4. The van der Waals surface area contributed by atoms with Crippen LogP contribution in [0.15, 0.2) is 84.9 Å². The maximum Gasteiger partial charge on any atom is 0.417 e. The van der Waals surface area contributed by atoms with Crippen molar-refractivity contribution in [2.24, 2.45) is 0 Å². The van der Waals surface area contributed by atoms with Gasteiger partial charge in [0.15, 0.2) is 0 Å². The summed E-state index contributed by atoms with van der Waals surface area (Å²) in [5.74, 6) is -0.164. The molecule has 0 aliphatic rings. The zero-order valence-electron chi connectivity index (χ0n) is 14.7. The van der Waals surface area contributed by atoms with Crippen molar-refractivity contribution in [3.8, 4) is 0 Å². The molecule has 3 aromatic carbocycles. The van der Waals surface area contributed by atoms with Crippen molar-refractivity contribution in [3.05, 3.63) is 113 Å². The molecule has 3 aromatic rings. The lowest BCUT2D eigenvalue weighted by Crippen LogP contribution is -2.08. The van der Waals surface area contributed by atoms with Gasteiger partial charge >= 0.3 is 6.18 Å². The molecular formula is C23H18BrF3. The van der Waals surface area contributed by atoms with Gasteiger partial charge in [-0.25, -0.2) is 0 Å². The first-order chi connectivity index (χ1) is 12.9. The molecule has 4 heteroatoms. The van der Waals surface area contributed by atoms with Gasteiger partial charge in [-0.3, -0.25) is 0 Å². The van der Waals surface area contributed by atoms with Crippen molar-refractivity contribution >= 4 is 20.4 Å². The Hall–Kier alpha value is -2.33. The molecule has 0 nitrogen and oxygen atoms in total. The van der Waals surface area contributed by atoms with E-state index in [9.17, 15) is 13.2 Å². The molecule has 0 aliphatic heterocycles. The summed E-state index contributed by atoms with van der Waals surface area (Å²) in [4.78, 5) is 0. The Morgan fingerprint density at radius 3 is 2.00 bits per heavy atom. The molecule has 138 valence electrons. The van der Waals surface area contributed by atoms with Gasteiger partial charge in [0.05, 0.1) is 5.56 Å². The smallest absolute Gasteiger partial charge is 0.166 e. The van der Waals surface area contributed by atoms with E-state index in [1.807, 2.05) is 67.6 Å². The quantitative estimate of drug-likeness (QED) is 0.400. The molecule has 0 N–H and O–H groups in total. The second-order valence-electron chi connectivity index (χ2n) is 6.36. The van der Waals surface area contributed by atoms with Crippen molar-refractivity contribution in [1.29, 1.82) is 0 Å². The second kappa shape index (κ2) is 8.13. The molecule has 0 spiro atoms. The molecule has 0 bridgehead atoms. The van der Waals surface area contributed by atoms with E-state index in [2.05, 4.69) is 15.9 Å². The lowest BCUT2D eigenvalue weighted by atomic mass is 9.89. The molecule has 0 saturated heterocycles. The summed E-state index contributed by atoms with van der Waals surface area (Å²) in [6, 6.07) is 23.4. The Kier molecular flexibility index (Phi) is 5.85. The number of aryl methyl sites for hydroxylation is 1. The topological polar surface area (TPSA) is 0 Å². The summed E-state index contributed by atoms with van der Waals surface area (Å²) in [6.45, 7) is 2.01. The Bertz CT molecular complexity index is 926. The lowest BCUT2D eigenvalue weighted by molar-refractivity contribution is -0.137. The average Bonchev–Trinajstić information content (AvgIpc) is 2.67. The third-order valence-corrected chi connectivity index (χ3v) is 5.09. The van der Waals surface area contributed by atoms with E-state index in [1.165, 1.54) is 12.1 Å². The fraction of sp³-hybridized carbons (Fsp3) is 0.130. The third kappa shape index (κ3) is 4.69. The van der Waals surface area contributed by atoms with E-state index in [1.54, 1.807) is 6.07 Å². The van der Waals surface area contributed by atoms with E-state index in [-0.39, 0.29) is 11.5 Å². The van der Waals surface area contributed by atoms with Gasteiger partial charge in [0.1, 0.15) is 0 Å². The van der Waals surface area contributed by atoms with Crippen LogP contribution in [-0.2, 0) is 6.18 Å². The Balaban J connectivity index is 2.10. The summed E-state index contributed by atoms with van der Waals surface area (Å²) in [5.41, 5.74) is 2.66. The van der Waals surface area contributed by atoms with Crippen LogP contribution in [0.5, 0.6) is 0 Å². The highest BCUT2D eigenvalue weighted by Gasteiger charge is 2.33. The summed E-state index contributed by atoms with van der Waals surface area (Å²) in [7, 11) is 0. The minimum atomic E-state index is -4.41. The summed E-state index contributed by atoms with van der Waals surface area (Å²) >= 11 is 3.40. The molecule has 0 heterocycles. The van der Waals surface area contributed by atoms with Crippen LogP contribution in [0.1, 0.15) is 33.7 Å². The van der Waals surface area contributed by atoms with Crippen LogP contribution < -0.4 is 0 Å². The minimum absolute atomic E-state index is 0.137. The Morgan fingerprint density at radius 2 is 1.37 bits per heavy atom. The monoisotopic (exact) mass is 430 g/mol.